The summed E-state index contributed by atoms with van der Waals surface area (Å²) >= 11 is 0. The first kappa shape index (κ1) is 28.5. The number of carbonyl (C=O) groups is 1. The van der Waals surface area contributed by atoms with Gasteiger partial charge in [0.1, 0.15) is 11.6 Å². The van der Waals surface area contributed by atoms with Crippen LogP contribution in [0.5, 0.6) is 0 Å². The lowest BCUT2D eigenvalue weighted by atomic mass is 9.85. The number of hydrogen-bond acceptors (Lipinski definition) is 6. The van der Waals surface area contributed by atoms with Crippen molar-refractivity contribution in [1.82, 2.24) is 5.32 Å². The second kappa shape index (κ2) is 9.89. The number of hydrogen-bond donors (Lipinski definition) is 3. The van der Waals surface area contributed by atoms with Gasteiger partial charge in [-0.05, 0) is 68.1 Å². The molecule has 2 aliphatic rings. The van der Waals surface area contributed by atoms with Crippen LogP contribution in [0.1, 0.15) is 44.2 Å². The highest BCUT2D eigenvalue weighted by Crippen LogP contribution is 2.43. The molecular formula is C26H30F4N2O5S. The van der Waals surface area contributed by atoms with Gasteiger partial charge in [0.25, 0.3) is 10.0 Å². The Balaban J connectivity index is 1.72. The van der Waals surface area contributed by atoms with E-state index < -0.39 is 44.8 Å². The number of ketones is 1. The van der Waals surface area contributed by atoms with Crippen molar-refractivity contribution in [2.45, 2.75) is 67.8 Å². The Morgan fingerprint density at radius 1 is 1.16 bits per heavy atom. The Kier molecular flexibility index (Phi) is 7.41. The van der Waals surface area contributed by atoms with Gasteiger partial charge < -0.3 is 15.5 Å². The lowest BCUT2D eigenvalue weighted by Crippen LogP contribution is -2.45. The zero-order chi connectivity index (χ0) is 28.1. The van der Waals surface area contributed by atoms with Crippen LogP contribution >= 0.6 is 0 Å². The molecule has 2 aromatic rings. The van der Waals surface area contributed by atoms with Crippen molar-refractivity contribution in [3.05, 3.63) is 59.4 Å². The van der Waals surface area contributed by atoms with Crippen molar-refractivity contribution in [2.75, 3.05) is 17.4 Å². The number of Topliss-reactive ketones (excluding diaryl/α,β-unsaturated/α-hetero) is 1. The Morgan fingerprint density at radius 3 is 2.39 bits per heavy atom. The summed E-state index contributed by atoms with van der Waals surface area (Å²) in [5.74, 6) is -1.26. The van der Waals surface area contributed by atoms with Crippen LogP contribution in [-0.4, -0.2) is 55.3 Å². The van der Waals surface area contributed by atoms with Crippen LogP contribution in [0.2, 0.25) is 0 Å². The van der Waals surface area contributed by atoms with E-state index in [2.05, 4.69) is 5.32 Å². The number of β-amino-alcohol motifs (C(OH)–C–C–N with tert-alkyl or cyclic N) is 1. The SMILES string of the molecule is CC(O)(c1ccc2c(c1)CC[C@@H](CC(=O)C[C@@H]1CNC[C@@]1(C)O)N2S(=O)(=O)c1ccc(F)cc1)C(F)(F)F. The zero-order valence-corrected chi connectivity index (χ0v) is 21.7. The molecule has 2 heterocycles. The van der Waals surface area contributed by atoms with Crippen LogP contribution in [0, 0.1) is 11.7 Å². The molecule has 0 bridgehead atoms. The van der Waals surface area contributed by atoms with Gasteiger partial charge in [-0.3, -0.25) is 9.10 Å². The van der Waals surface area contributed by atoms with E-state index in [1.807, 2.05) is 0 Å². The molecule has 208 valence electrons. The largest absolute Gasteiger partial charge is 0.421 e. The van der Waals surface area contributed by atoms with E-state index in [1.54, 1.807) is 6.92 Å². The predicted octanol–water partition coefficient (Wildman–Crippen LogP) is 3.43. The smallest absolute Gasteiger partial charge is 0.388 e. The molecule has 0 radical (unpaired) electrons. The van der Waals surface area contributed by atoms with Gasteiger partial charge in [0.05, 0.1) is 22.2 Å². The molecule has 3 N–H and O–H groups in total. The van der Waals surface area contributed by atoms with E-state index in [9.17, 15) is 41.0 Å². The highest BCUT2D eigenvalue weighted by molar-refractivity contribution is 7.92. The highest BCUT2D eigenvalue weighted by atomic mass is 32.2. The van der Waals surface area contributed by atoms with Gasteiger partial charge in [-0.2, -0.15) is 13.2 Å². The molecule has 2 aromatic carbocycles. The average molecular weight is 559 g/mol. The summed E-state index contributed by atoms with van der Waals surface area (Å²) in [6.07, 6.45) is -4.79. The predicted molar refractivity (Wildman–Crippen MR) is 131 cm³/mol. The van der Waals surface area contributed by atoms with Crippen molar-refractivity contribution < 1.29 is 41.0 Å². The summed E-state index contributed by atoms with van der Waals surface area (Å²) < 4.78 is 82.4. The van der Waals surface area contributed by atoms with Crippen molar-refractivity contribution in [2.24, 2.45) is 5.92 Å². The second-order valence-corrected chi connectivity index (χ2v) is 12.3. The van der Waals surface area contributed by atoms with Crippen molar-refractivity contribution >= 4 is 21.5 Å². The monoisotopic (exact) mass is 558 g/mol. The number of aryl methyl sites for hydroxylation is 1. The highest BCUT2D eigenvalue weighted by Gasteiger charge is 2.51. The standard InChI is InChI=1S/C26H30F4N2O5S/c1-24(34)15-31-14-18(24)12-21(33)13-20-7-3-16-11-17(25(2,35)26(28,29)30)4-10-23(16)32(20)38(36,37)22-8-5-19(27)6-9-22/h4-6,8-11,18,20,31,34-35H,3,7,12-15H2,1-2H3/t18-,20+,24-,25?/m1/s1. The third-order valence-corrected chi connectivity index (χ3v) is 9.45. The summed E-state index contributed by atoms with van der Waals surface area (Å²) in [5, 5.41) is 23.7. The zero-order valence-electron chi connectivity index (χ0n) is 20.9. The molecule has 0 aliphatic carbocycles. The number of alkyl halides is 3. The van der Waals surface area contributed by atoms with Gasteiger partial charge in [-0.1, -0.05) is 12.1 Å². The minimum absolute atomic E-state index is 0.0289. The number of halogens is 4. The number of sulfonamides is 1. The summed E-state index contributed by atoms with van der Waals surface area (Å²) in [4.78, 5) is 12.8. The average Bonchev–Trinajstić information content (AvgIpc) is 3.15. The van der Waals surface area contributed by atoms with Crippen LogP contribution in [0.4, 0.5) is 23.2 Å². The third-order valence-electron chi connectivity index (χ3n) is 7.57. The molecule has 0 saturated carbocycles. The first-order chi connectivity index (χ1) is 17.5. The van der Waals surface area contributed by atoms with Gasteiger partial charge in [0.2, 0.25) is 0 Å². The van der Waals surface area contributed by atoms with Gasteiger partial charge in [0, 0.05) is 31.8 Å². The van der Waals surface area contributed by atoms with Gasteiger partial charge in [-0.15, -0.1) is 0 Å². The quantitative estimate of drug-likeness (QED) is 0.450. The molecule has 4 atom stereocenters. The number of benzene rings is 2. The number of aliphatic hydroxyl groups is 2. The summed E-state index contributed by atoms with van der Waals surface area (Å²) in [6, 6.07) is 6.64. The van der Waals surface area contributed by atoms with Gasteiger partial charge >= 0.3 is 6.18 Å². The van der Waals surface area contributed by atoms with Gasteiger partial charge in [-0.25, -0.2) is 12.8 Å². The first-order valence-corrected chi connectivity index (χ1v) is 13.7. The summed E-state index contributed by atoms with van der Waals surface area (Å²) in [5.41, 5.74) is -4.31. The topological polar surface area (TPSA) is 107 Å². The van der Waals surface area contributed by atoms with E-state index in [0.717, 1.165) is 40.7 Å². The molecule has 1 fully saturated rings. The van der Waals surface area contributed by atoms with Crippen LogP contribution < -0.4 is 9.62 Å². The van der Waals surface area contributed by atoms with Crippen LogP contribution in [0.15, 0.2) is 47.4 Å². The number of rotatable bonds is 7. The fourth-order valence-corrected chi connectivity index (χ4v) is 6.83. The molecule has 2 aliphatic heterocycles. The Labute approximate surface area is 218 Å². The molecule has 38 heavy (non-hydrogen) atoms. The fraction of sp³-hybridized carbons (Fsp3) is 0.500. The van der Waals surface area contributed by atoms with Crippen LogP contribution in [-0.2, 0) is 26.8 Å². The van der Waals surface area contributed by atoms with E-state index in [1.165, 1.54) is 6.07 Å². The van der Waals surface area contributed by atoms with E-state index in [4.69, 9.17) is 0 Å². The first-order valence-electron chi connectivity index (χ1n) is 12.2. The number of nitrogens with zero attached hydrogens (tertiary/aromatic N) is 1. The summed E-state index contributed by atoms with van der Waals surface area (Å²) in [6.45, 7) is 3.02. The molecule has 12 heteroatoms. The van der Waals surface area contributed by atoms with Gasteiger partial charge in [0.15, 0.2) is 5.60 Å². The van der Waals surface area contributed by atoms with E-state index in [0.29, 0.717) is 20.0 Å². The molecule has 1 unspecified atom stereocenters. The Hall–Kier alpha value is -2.54. The molecule has 0 amide bonds. The van der Waals surface area contributed by atoms with E-state index in [-0.39, 0.29) is 53.5 Å². The minimum Gasteiger partial charge on any atom is -0.388 e. The van der Waals surface area contributed by atoms with Crippen molar-refractivity contribution in [3.8, 4) is 0 Å². The van der Waals surface area contributed by atoms with Crippen molar-refractivity contribution in [1.29, 1.82) is 0 Å². The normalized spacial score (nSPS) is 25.6. The molecular weight excluding hydrogens is 528 g/mol. The third kappa shape index (κ3) is 5.31. The minimum atomic E-state index is -4.96. The summed E-state index contributed by atoms with van der Waals surface area (Å²) in [7, 11) is -4.35. The molecule has 1 saturated heterocycles. The molecule has 0 aromatic heterocycles. The lowest BCUT2D eigenvalue weighted by molar-refractivity contribution is -0.258. The number of nitrogens with one attached hydrogen (secondary N) is 1. The van der Waals surface area contributed by atoms with Crippen molar-refractivity contribution in [3.63, 3.8) is 0 Å². The molecule has 0 spiro atoms. The maximum atomic E-state index is 13.8. The molecule has 4 rings (SSSR count). The number of fused-ring (bicyclic) bond motifs is 1. The molecule has 7 nitrogen and oxygen atoms in total. The van der Waals surface area contributed by atoms with E-state index >= 15 is 0 Å². The lowest BCUT2D eigenvalue weighted by Gasteiger charge is -2.39. The Morgan fingerprint density at radius 2 is 1.82 bits per heavy atom. The van der Waals surface area contributed by atoms with Crippen LogP contribution in [0.3, 0.4) is 0 Å². The second-order valence-electron chi connectivity index (χ2n) is 10.5. The fourth-order valence-electron chi connectivity index (χ4n) is 5.11. The Bertz CT molecular complexity index is 1310. The maximum absolute atomic E-state index is 13.8. The van der Waals surface area contributed by atoms with Crippen LogP contribution in [0.25, 0.3) is 0 Å². The number of anilines is 1. The maximum Gasteiger partial charge on any atom is 0.421 e. The number of carbonyl (C=O) groups excluding carboxylic acids is 1.